The van der Waals surface area contributed by atoms with Crippen LogP contribution in [0, 0.1) is 19.7 Å². The molecule has 1 fully saturated rings. The topological polar surface area (TPSA) is 107 Å². The summed E-state index contributed by atoms with van der Waals surface area (Å²) < 4.78 is 18.1. The summed E-state index contributed by atoms with van der Waals surface area (Å²) in [5.41, 5.74) is -0.0932. The number of hydrogen-bond acceptors (Lipinski definition) is 5. The van der Waals surface area contributed by atoms with E-state index in [-0.39, 0.29) is 39.9 Å². The second-order valence-electron chi connectivity index (χ2n) is 9.45. The van der Waals surface area contributed by atoms with Crippen LogP contribution in [-0.2, 0) is 14.1 Å². The fourth-order valence-corrected chi connectivity index (χ4v) is 4.42. The average Bonchev–Trinajstić information content (AvgIpc) is 3.75. The molecule has 10 heteroatoms. The van der Waals surface area contributed by atoms with E-state index in [9.17, 15) is 23.6 Å². The number of nitrogens with zero attached hydrogens (tertiary/aromatic N) is 3. The first-order valence-electron chi connectivity index (χ1n) is 12.9. The summed E-state index contributed by atoms with van der Waals surface area (Å²) in [5, 5.41) is 5.85. The first-order valence-corrected chi connectivity index (χ1v) is 12.9. The predicted octanol–water partition coefficient (Wildman–Crippen LogP) is 3.81. The summed E-state index contributed by atoms with van der Waals surface area (Å²) in [4.78, 5) is 52.8. The monoisotopic (exact) mass is 533 g/mol. The summed E-state index contributed by atoms with van der Waals surface area (Å²) in [7, 11) is 2.81. The molecule has 2 aromatic heterocycles. The lowest BCUT2D eigenvalue weighted by atomic mass is 10.1. The van der Waals surface area contributed by atoms with Crippen molar-refractivity contribution in [2.24, 2.45) is 14.1 Å². The van der Waals surface area contributed by atoms with E-state index < -0.39 is 22.6 Å². The molecule has 9 nitrogen and oxygen atoms in total. The first kappa shape index (κ1) is 27.6. The Labute approximate surface area is 224 Å². The number of aryl methyl sites for hydroxylation is 2. The van der Waals surface area contributed by atoms with E-state index >= 15 is 0 Å². The molecule has 204 valence electrons. The number of aromatic nitrogens is 3. The second kappa shape index (κ2) is 10.7. The number of halogens is 1. The zero-order valence-corrected chi connectivity index (χ0v) is 22.9. The van der Waals surface area contributed by atoms with Crippen LogP contribution in [0.1, 0.15) is 48.2 Å². The predicted molar refractivity (Wildman–Crippen MR) is 151 cm³/mol. The van der Waals surface area contributed by atoms with Crippen molar-refractivity contribution < 1.29 is 9.18 Å². The van der Waals surface area contributed by atoms with Gasteiger partial charge in [-0.2, -0.15) is 0 Å². The molecule has 5 rings (SSSR count). The minimum absolute atomic E-state index is 0.0366. The number of carbonyl (C=O) groups excluding carboxylic acids is 1. The van der Waals surface area contributed by atoms with Crippen LogP contribution < -0.4 is 27.4 Å². The lowest BCUT2D eigenvalue weighted by Gasteiger charge is -2.20. The molecule has 1 aliphatic carbocycles. The molecule has 0 spiro atoms. The van der Waals surface area contributed by atoms with Crippen molar-refractivity contribution in [1.29, 1.82) is 0 Å². The van der Waals surface area contributed by atoms with Crippen molar-refractivity contribution in [2.75, 3.05) is 5.32 Å². The maximum Gasteiger partial charge on any atom is 0.335 e. The van der Waals surface area contributed by atoms with Crippen LogP contribution in [-0.4, -0.2) is 25.7 Å². The number of benzene rings is 2. The van der Waals surface area contributed by atoms with Crippen LogP contribution in [0.2, 0.25) is 0 Å². The van der Waals surface area contributed by atoms with Crippen LogP contribution in [0.15, 0.2) is 56.8 Å². The van der Waals surface area contributed by atoms with Crippen LogP contribution in [0.3, 0.4) is 0 Å². The number of anilines is 2. The molecule has 2 heterocycles. The lowest BCUT2D eigenvalue weighted by Crippen LogP contribution is -2.40. The largest absolute Gasteiger partial charge is 0.349 e. The smallest absolute Gasteiger partial charge is 0.335 e. The molecule has 2 aromatic carbocycles. The van der Waals surface area contributed by atoms with Gasteiger partial charge in [-0.3, -0.25) is 28.1 Å². The highest BCUT2D eigenvalue weighted by Gasteiger charge is 2.25. The molecule has 0 radical (unpaired) electrons. The molecule has 4 aromatic rings. The molecular weight excluding hydrogens is 501 g/mol. The number of hydrogen-bond donors (Lipinski definition) is 2. The number of carbonyl (C=O) groups is 1. The van der Waals surface area contributed by atoms with Gasteiger partial charge in [-0.1, -0.05) is 26.0 Å². The van der Waals surface area contributed by atoms with E-state index in [0.717, 1.165) is 17.4 Å². The molecule has 1 aliphatic rings. The van der Waals surface area contributed by atoms with Gasteiger partial charge in [-0.05, 0) is 62.6 Å². The van der Waals surface area contributed by atoms with Crippen LogP contribution in [0.25, 0.3) is 16.6 Å². The quantitative estimate of drug-likeness (QED) is 0.406. The van der Waals surface area contributed by atoms with Gasteiger partial charge >= 0.3 is 5.69 Å². The fraction of sp³-hybridized carbons (Fsp3) is 0.310. The highest BCUT2D eigenvalue weighted by molar-refractivity contribution is 5.96. The summed E-state index contributed by atoms with van der Waals surface area (Å²) in [6, 6.07) is 11.2. The molecule has 1 amide bonds. The van der Waals surface area contributed by atoms with E-state index in [1.165, 1.54) is 42.3 Å². The number of amides is 1. The maximum atomic E-state index is 14.7. The standard InChI is InChI=1S/C27H26FN5O4.C2H6/c1-14-8-11-20(19(28)12-14)30-23-21-22(15(2)25(35)31(23)3)33(27(37)32(4)26(21)36)18-7-5-6-16(13-18)24(34)29-17-9-10-17;1-2/h5-8,11-13,17,30H,9-10H2,1-4H3,(H,29,34);1-2H3. The Morgan fingerprint density at radius 2 is 1.64 bits per heavy atom. The number of nitrogens with one attached hydrogen (secondary N) is 2. The van der Waals surface area contributed by atoms with Crippen molar-refractivity contribution in [1.82, 2.24) is 19.0 Å². The Morgan fingerprint density at radius 3 is 2.28 bits per heavy atom. The van der Waals surface area contributed by atoms with Gasteiger partial charge in [0.05, 0.1) is 16.9 Å². The van der Waals surface area contributed by atoms with E-state index in [4.69, 9.17) is 0 Å². The van der Waals surface area contributed by atoms with Crippen molar-refractivity contribution in [3.8, 4) is 5.69 Å². The molecule has 39 heavy (non-hydrogen) atoms. The zero-order valence-electron chi connectivity index (χ0n) is 22.9. The SMILES string of the molecule is CC.Cc1ccc(Nc2c3c(=O)n(C)c(=O)n(-c4cccc(C(=O)NC5CC5)c4)c3c(C)c(=O)n2C)c(F)c1. The van der Waals surface area contributed by atoms with Crippen molar-refractivity contribution >= 4 is 28.3 Å². The first-order chi connectivity index (χ1) is 18.6. The highest BCUT2D eigenvalue weighted by atomic mass is 19.1. The summed E-state index contributed by atoms with van der Waals surface area (Å²) >= 11 is 0. The molecule has 0 aliphatic heterocycles. The van der Waals surface area contributed by atoms with E-state index in [2.05, 4.69) is 10.6 Å². The van der Waals surface area contributed by atoms with Crippen LogP contribution in [0.5, 0.6) is 0 Å². The molecule has 0 unspecified atom stereocenters. The molecule has 0 saturated heterocycles. The van der Waals surface area contributed by atoms with Gasteiger partial charge in [0, 0.05) is 31.3 Å². The van der Waals surface area contributed by atoms with Gasteiger partial charge in [0.2, 0.25) is 0 Å². The minimum Gasteiger partial charge on any atom is -0.349 e. The number of fused-ring (bicyclic) bond motifs is 1. The number of pyridine rings is 1. The molecule has 0 atom stereocenters. The second-order valence-corrected chi connectivity index (χ2v) is 9.45. The van der Waals surface area contributed by atoms with Crippen molar-refractivity contribution in [2.45, 2.75) is 46.6 Å². The summed E-state index contributed by atoms with van der Waals surface area (Å²) in [6.45, 7) is 7.28. The molecule has 1 saturated carbocycles. The van der Waals surface area contributed by atoms with Crippen LogP contribution in [0.4, 0.5) is 15.9 Å². The zero-order chi connectivity index (χ0) is 28.6. The average molecular weight is 534 g/mol. The number of rotatable bonds is 5. The van der Waals surface area contributed by atoms with E-state index in [0.29, 0.717) is 16.8 Å². The Morgan fingerprint density at radius 1 is 0.949 bits per heavy atom. The van der Waals surface area contributed by atoms with E-state index in [1.807, 2.05) is 13.8 Å². The Bertz CT molecular complexity index is 1780. The third-order valence-corrected chi connectivity index (χ3v) is 6.67. The minimum atomic E-state index is -0.680. The van der Waals surface area contributed by atoms with Crippen LogP contribution >= 0.6 is 0 Å². The van der Waals surface area contributed by atoms with Gasteiger partial charge in [-0.15, -0.1) is 0 Å². The Hall–Kier alpha value is -4.47. The molecule has 2 N–H and O–H groups in total. The maximum absolute atomic E-state index is 14.7. The third-order valence-electron chi connectivity index (χ3n) is 6.67. The van der Waals surface area contributed by atoms with Gasteiger partial charge in [0.25, 0.3) is 17.0 Å². The van der Waals surface area contributed by atoms with Crippen molar-refractivity contribution in [3.63, 3.8) is 0 Å². The Balaban J connectivity index is 0.00000172. The highest BCUT2D eigenvalue weighted by Crippen LogP contribution is 2.27. The van der Waals surface area contributed by atoms with E-state index in [1.54, 1.807) is 37.3 Å². The van der Waals surface area contributed by atoms with Crippen molar-refractivity contribution in [3.05, 3.63) is 96.2 Å². The third kappa shape index (κ3) is 5.01. The summed E-state index contributed by atoms with van der Waals surface area (Å²) in [6.07, 6.45) is 1.85. The normalized spacial score (nSPS) is 12.6. The lowest BCUT2D eigenvalue weighted by molar-refractivity contribution is 0.0951. The fourth-order valence-electron chi connectivity index (χ4n) is 4.42. The van der Waals surface area contributed by atoms with Gasteiger partial charge < -0.3 is 10.6 Å². The molecular formula is C29H32FN5O4. The Kier molecular flexibility index (Phi) is 7.58. The van der Waals surface area contributed by atoms with Gasteiger partial charge in [0.1, 0.15) is 17.0 Å². The van der Waals surface area contributed by atoms with Gasteiger partial charge in [0.15, 0.2) is 0 Å². The summed E-state index contributed by atoms with van der Waals surface area (Å²) in [5.74, 6) is -0.776. The molecule has 0 bridgehead atoms. The van der Waals surface area contributed by atoms with Gasteiger partial charge in [-0.25, -0.2) is 9.18 Å².